The van der Waals surface area contributed by atoms with Crippen LogP contribution in [0.2, 0.25) is 0 Å². The summed E-state index contributed by atoms with van der Waals surface area (Å²) in [5.41, 5.74) is 6.62. The fourth-order valence-electron chi connectivity index (χ4n) is 2.11. The predicted octanol–water partition coefficient (Wildman–Crippen LogP) is 0.837. The SMILES string of the molecule is NC(=O)Cc1csc(NC(=O)C[C@@H](c2ccsc2)n2cnnn2)n1. The summed E-state index contributed by atoms with van der Waals surface area (Å²) in [7, 11) is 0. The lowest BCUT2D eigenvalue weighted by molar-refractivity contribution is -0.117. The van der Waals surface area contributed by atoms with Crippen LogP contribution in [0, 0.1) is 0 Å². The van der Waals surface area contributed by atoms with Crippen LogP contribution in [0.25, 0.3) is 0 Å². The fourth-order valence-corrected chi connectivity index (χ4v) is 3.54. The molecule has 0 unspecified atom stereocenters. The third-order valence-electron chi connectivity index (χ3n) is 3.14. The summed E-state index contributed by atoms with van der Waals surface area (Å²) in [6.45, 7) is 0. The molecular weight excluding hydrogens is 350 g/mol. The van der Waals surface area contributed by atoms with E-state index in [1.54, 1.807) is 10.1 Å². The zero-order chi connectivity index (χ0) is 16.9. The maximum Gasteiger partial charge on any atom is 0.228 e. The number of tetrazole rings is 1. The minimum absolute atomic E-state index is 0.0501. The molecule has 0 saturated heterocycles. The second kappa shape index (κ2) is 7.27. The third-order valence-corrected chi connectivity index (χ3v) is 4.65. The van der Waals surface area contributed by atoms with E-state index in [-0.39, 0.29) is 24.8 Å². The monoisotopic (exact) mass is 363 g/mol. The van der Waals surface area contributed by atoms with E-state index in [4.69, 9.17) is 5.73 Å². The highest BCUT2D eigenvalue weighted by Gasteiger charge is 2.20. The van der Waals surface area contributed by atoms with Gasteiger partial charge in [-0.2, -0.15) is 11.3 Å². The molecule has 3 aromatic rings. The Hall–Kier alpha value is -2.66. The number of anilines is 1. The highest BCUT2D eigenvalue weighted by Crippen LogP contribution is 2.24. The van der Waals surface area contributed by atoms with Crippen molar-refractivity contribution < 1.29 is 9.59 Å². The first-order chi connectivity index (χ1) is 11.6. The van der Waals surface area contributed by atoms with Crippen molar-refractivity contribution in [1.82, 2.24) is 25.2 Å². The van der Waals surface area contributed by atoms with Crippen LogP contribution >= 0.6 is 22.7 Å². The number of thiazole rings is 1. The first kappa shape index (κ1) is 16.2. The molecule has 9 nitrogen and oxygen atoms in total. The van der Waals surface area contributed by atoms with Crippen LogP contribution in [0.1, 0.15) is 23.7 Å². The standard InChI is InChI=1S/C13H13N7O2S2/c14-11(21)3-9-6-24-13(16-9)17-12(22)4-10(8-1-2-23-5-8)20-7-15-18-19-20/h1-2,5-7,10H,3-4H2,(H2,14,21)(H,16,17,22)/t10-/m0/s1. The van der Waals surface area contributed by atoms with E-state index in [0.717, 1.165) is 5.56 Å². The van der Waals surface area contributed by atoms with Crippen molar-refractivity contribution in [3.05, 3.63) is 39.8 Å². The topological polar surface area (TPSA) is 129 Å². The first-order valence-electron chi connectivity index (χ1n) is 6.89. The minimum atomic E-state index is -0.464. The van der Waals surface area contributed by atoms with Gasteiger partial charge in [-0.05, 0) is 32.8 Å². The molecule has 3 N–H and O–H groups in total. The average molecular weight is 363 g/mol. The Morgan fingerprint density at radius 3 is 2.92 bits per heavy atom. The maximum atomic E-state index is 12.3. The van der Waals surface area contributed by atoms with Crippen molar-refractivity contribution in [2.45, 2.75) is 18.9 Å². The number of nitrogens with two attached hydrogens (primary N) is 1. The van der Waals surface area contributed by atoms with Crippen molar-refractivity contribution >= 4 is 39.6 Å². The second-order valence-electron chi connectivity index (χ2n) is 4.90. The summed E-state index contributed by atoms with van der Waals surface area (Å²) in [5, 5.41) is 19.9. The number of rotatable bonds is 7. The summed E-state index contributed by atoms with van der Waals surface area (Å²) in [4.78, 5) is 27.4. The van der Waals surface area contributed by atoms with Crippen molar-refractivity contribution in [2.75, 3.05) is 5.32 Å². The Balaban J connectivity index is 1.68. The molecule has 24 heavy (non-hydrogen) atoms. The Kier molecular flexibility index (Phi) is 4.91. The van der Waals surface area contributed by atoms with Crippen LogP contribution in [-0.2, 0) is 16.0 Å². The van der Waals surface area contributed by atoms with Gasteiger partial charge in [-0.1, -0.05) is 0 Å². The quantitative estimate of drug-likeness (QED) is 0.640. The average Bonchev–Trinajstić information content (AvgIpc) is 3.27. The van der Waals surface area contributed by atoms with E-state index < -0.39 is 5.91 Å². The van der Waals surface area contributed by atoms with Gasteiger partial charge in [0.05, 0.1) is 24.6 Å². The molecule has 0 aliphatic carbocycles. The number of hydrogen-bond acceptors (Lipinski definition) is 8. The van der Waals surface area contributed by atoms with Gasteiger partial charge in [0.25, 0.3) is 0 Å². The van der Waals surface area contributed by atoms with Crippen molar-refractivity contribution in [3.8, 4) is 0 Å². The summed E-state index contributed by atoms with van der Waals surface area (Å²) in [6.07, 6.45) is 1.69. The first-order valence-corrected chi connectivity index (χ1v) is 8.71. The van der Waals surface area contributed by atoms with E-state index in [1.165, 1.54) is 29.0 Å². The third kappa shape index (κ3) is 4.00. The molecular formula is C13H13N7O2S2. The summed E-state index contributed by atoms with van der Waals surface area (Å²) < 4.78 is 1.54. The Labute approximate surface area is 144 Å². The van der Waals surface area contributed by atoms with Crippen LogP contribution < -0.4 is 11.1 Å². The number of nitrogens with one attached hydrogen (secondary N) is 1. The van der Waals surface area contributed by atoms with E-state index in [0.29, 0.717) is 10.8 Å². The van der Waals surface area contributed by atoms with Crippen LogP contribution in [0.15, 0.2) is 28.5 Å². The number of nitrogens with zero attached hydrogens (tertiary/aromatic N) is 5. The number of carbonyl (C=O) groups excluding carboxylic acids is 2. The second-order valence-corrected chi connectivity index (χ2v) is 6.54. The van der Waals surface area contributed by atoms with Crippen molar-refractivity contribution in [3.63, 3.8) is 0 Å². The Bertz CT molecular complexity index is 779. The Morgan fingerprint density at radius 2 is 2.25 bits per heavy atom. The molecule has 0 fully saturated rings. The molecule has 0 aromatic carbocycles. The number of primary amides is 1. The highest BCUT2D eigenvalue weighted by molar-refractivity contribution is 7.14. The molecule has 2 amide bonds. The minimum Gasteiger partial charge on any atom is -0.369 e. The number of carbonyl (C=O) groups is 2. The van der Waals surface area contributed by atoms with Gasteiger partial charge in [0.1, 0.15) is 6.33 Å². The van der Waals surface area contributed by atoms with E-state index in [9.17, 15) is 9.59 Å². The number of thiophene rings is 1. The molecule has 3 aromatic heterocycles. The smallest absolute Gasteiger partial charge is 0.228 e. The Morgan fingerprint density at radius 1 is 1.38 bits per heavy atom. The van der Waals surface area contributed by atoms with Gasteiger partial charge in [-0.25, -0.2) is 9.67 Å². The highest BCUT2D eigenvalue weighted by atomic mass is 32.1. The zero-order valence-corrected chi connectivity index (χ0v) is 14.0. The number of amides is 2. The van der Waals surface area contributed by atoms with E-state index in [2.05, 4.69) is 25.8 Å². The van der Waals surface area contributed by atoms with Gasteiger partial charge >= 0.3 is 0 Å². The van der Waals surface area contributed by atoms with Gasteiger partial charge in [0, 0.05) is 5.38 Å². The maximum absolute atomic E-state index is 12.3. The van der Waals surface area contributed by atoms with Gasteiger partial charge in [0.15, 0.2) is 5.13 Å². The molecule has 11 heteroatoms. The van der Waals surface area contributed by atoms with E-state index in [1.807, 2.05) is 16.8 Å². The van der Waals surface area contributed by atoms with Gasteiger partial charge in [-0.15, -0.1) is 16.4 Å². The molecule has 0 bridgehead atoms. The van der Waals surface area contributed by atoms with Gasteiger partial charge in [-0.3, -0.25) is 9.59 Å². The molecule has 0 radical (unpaired) electrons. The fraction of sp³-hybridized carbons (Fsp3) is 0.231. The molecule has 3 rings (SSSR count). The molecule has 0 aliphatic heterocycles. The lowest BCUT2D eigenvalue weighted by atomic mass is 10.1. The number of aromatic nitrogens is 5. The van der Waals surface area contributed by atoms with Crippen LogP contribution in [0.4, 0.5) is 5.13 Å². The molecule has 0 spiro atoms. The molecule has 3 heterocycles. The summed E-state index contributed by atoms with van der Waals surface area (Å²) >= 11 is 2.78. The molecule has 1 atom stereocenters. The van der Waals surface area contributed by atoms with Crippen LogP contribution in [-0.4, -0.2) is 37.0 Å². The normalized spacial score (nSPS) is 12.0. The summed E-state index contributed by atoms with van der Waals surface area (Å²) in [5.74, 6) is -0.684. The van der Waals surface area contributed by atoms with Gasteiger partial charge < -0.3 is 11.1 Å². The molecule has 0 aliphatic rings. The summed E-state index contributed by atoms with van der Waals surface area (Å²) in [6, 6.07) is 1.63. The zero-order valence-electron chi connectivity index (χ0n) is 12.3. The van der Waals surface area contributed by atoms with Gasteiger partial charge in [0.2, 0.25) is 11.8 Å². The lowest BCUT2D eigenvalue weighted by Gasteiger charge is -2.14. The van der Waals surface area contributed by atoms with Crippen molar-refractivity contribution in [1.29, 1.82) is 0 Å². The molecule has 124 valence electrons. The lowest BCUT2D eigenvalue weighted by Crippen LogP contribution is -2.20. The largest absolute Gasteiger partial charge is 0.369 e. The van der Waals surface area contributed by atoms with Crippen LogP contribution in [0.3, 0.4) is 0 Å². The predicted molar refractivity (Wildman–Crippen MR) is 88.5 cm³/mol. The van der Waals surface area contributed by atoms with Crippen molar-refractivity contribution in [2.24, 2.45) is 5.73 Å². The van der Waals surface area contributed by atoms with E-state index >= 15 is 0 Å². The van der Waals surface area contributed by atoms with Crippen LogP contribution in [0.5, 0.6) is 0 Å². The molecule has 0 saturated carbocycles. The number of hydrogen-bond donors (Lipinski definition) is 2.